The molecular weight excluding hydrogens is 138 g/mol. The van der Waals surface area contributed by atoms with Gasteiger partial charge in [0.15, 0.2) is 0 Å². The summed E-state index contributed by atoms with van der Waals surface area (Å²) in [6.45, 7) is 8.96. The summed E-state index contributed by atoms with van der Waals surface area (Å²) in [7, 11) is -0.939. The molecule has 0 aliphatic carbocycles. The molecule has 2 heteroatoms. The van der Waals surface area contributed by atoms with Crippen LogP contribution in [0.2, 0.25) is 19.6 Å². The predicted octanol–water partition coefficient (Wildman–Crippen LogP) is 2.51. The molecule has 0 atom stereocenters. The Morgan fingerprint density at radius 2 is 1.90 bits per heavy atom. The first-order valence-corrected chi connectivity index (χ1v) is 7.38. The molecule has 10 heavy (non-hydrogen) atoms. The van der Waals surface area contributed by atoms with Crippen molar-refractivity contribution in [2.75, 3.05) is 6.17 Å². The zero-order valence-corrected chi connectivity index (χ0v) is 8.39. The first kappa shape index (κ1) is 9.63. The number of hydrogen-bond donors (Lipinski definition) is 0. The summed E-state index contributed by atoms with van der Waals surface area (Å²) in [6.07, 6.45) is 6.89. The van der Waals surface area contributed by atoms with Gasteiger partial charge < -0.3 is 0 Å². The summed E-state index contributed by atoms with van der Waals surface area (Å²) in [5.41, 5.74) is 0. The Morgan fingerprint density at radius 3 is 2.30 bits per heavy atom. The number of nitrogens with zero attached hydrogens (tertiary/aromatic N) is 1. The molecule has 0 aliphatic heterocycles. The second kappa shape index (κ2) is 4.44. The molecule has 0 aromatic carbocycles. The van der Waals surface area contributed by atoms with Gasteiger partial charge in [0.25, 0.3) is 0 Å². The van der Waals surface area contributed by atoms with Crippen molar-refractivity contribution in [3.8, 4) is 0 Å². The first-order valence-electron chi connectivity index (χ1n) is 3.67. The number of hydrogen-bond acceptors (Lipinski definition) is 1. The van der Waals surface area contributed by atoms with E-state index < -0.39 is 8.07 Å². The molecule has 0 bridgehead atoms. The van der Waals surface area contributed by atoms with Crippen LogP contribution < -0.4 is 0 Å². The van der Waals surface area contributed by atoms with Crippen LogP contribution in [0.25, 0.3) is 0 Å². The highest BCUT2D eigenvalue weighted by molar-refractivity contribution is 6.76. The summed E-state index contributed by atoms with van der Waals surface area (Å²) in [6, 6.07) is 0. The zero-order valence-electron chi connectivity index (χ0n) is 7.39. The van der Waals surface area contributed by atoms with E-state index >= 15 is 0 Å². The van der Waals surface area contributed by atoms with Crippen molar-refractivity contribution in [1.29, 1.82) is 0 Å². The quantitative estimate of drug-likeness (QED) is 0.438. The van der Waals surface area contributed by atoms with Crippen LogP contribution in [0.1, 0.15) is 6.92 Å². The SMILES string of the molecule is C/C=C/C=N/C[Si](C)(C)C. The molecule has 0 spiro atoms. The van der Waals surface area contributed by atoms with Crippen molar-refractivity contribution in [2.24, 2.45) is 4.99 Å². The zero-order chi connectivity index (χ0) is 8.04. The molecule has 0 rings (SSSR count). The largest absolute Gasteiger partial charge is 0.296 e. The highest BCUT2D eigenvalue weighted by Gasteiger charge is 2.10. The Morgan fingerprint density at radius 1 is 1.30 bits per heavy atom. The highest BCUT2D eigenvalue weighted by Crippen LogP contribution is 1.98. The van der Waals surface area contributed by atoms with Gasteiger partial charge in [-0.2, -0.15) is 0 Å². The van der Waals surface area contributed by atoms with Crippen LogP contribution in [0.15, 0.2) is 17.1 Å². The fourth-order valence-electron chi connectivity index (χ4n) is 0.473. The third kappa shape index (κ3) is 7.63. The van der Waals surface area contributed by atoms with Crippen molar-refractivity contribution in [2.45, 2.75) is 26.6 Å². The van der Waals surface area contributed by atoms with Gasteiger partial charge in [0.2, 0.25) is 0 Å². The Kier molecular flexibility index (Phi) is 4.28. The molecule has 0 unspecified atom stereocenters. The van der Waals surface area contributed by atoms with E-state index in [4.69, 9.17) is 0 Å². The lowest BCUT2D eigenvalue weighted by Crippen LogP contribution is -2.24. The second-order valence-corrected chi connectivity index (χ2v) is 9.01. The molecule has 0 amide bonds. The van der Waals surface area contributed by atoms with E-state index in [0.29, 0.717) is 0 Å². The molecule has 0 heterocycles. The Hall–Kier alpha value is -0.373. The summed E-state index contributed by atoms with van der Waals surface area (Å²) >= 11 is 0. The Balaban J connectivity index is 3.54. The fraction of sp³-hybridized carbons (Fsp3) is 0.625. The molecule has 1 nitrogen and oxygen atoms in total. The standard InChI is InChI=1S/C8H17NSi/c1-5-6-7-9-8-10(2,3)4/h5-7H,8H2,1-4H3/b6-5+,9-7+. The van der Waals surface area contributed by atoms with Crippen LogP contribution in [0.5, 0.6) is 0 Å². The van der Waals surface area contributed by atoms with Crippen LogP contribution in [0, 0.1) is 0 Å². The minimum absolute atomic E-state index is 0.939. The maximum atomic E-state index is 4.28. The number of aliphatic imine (C=N–C) groups is 1. The molecule has 0 fully saturated rings. The highest BCUT2D eigenvalue weighted by atomic mass is 28.3. The minimum atomic E-state index is -0.939. The topological polar surface area (TPSA) is 12.4 Å². The maximum absolute atomic E-state index is 4.28. The fourth-order valence-corrected chi connectivity index (χ4v) is 1.13. The van der Waals surface area contributed by atoms with Gasteiger partial charge in [-0.15, -0.1) is 0 Å². The lowest BCUT2D eigenvalue weighted by molar-refractivity contribution is 1.30. The molecule has 0 aromatic heterocycles. The van der Waals surface area contributed by atoms with E-state index in [2.05, 4.69) is 24.6 Å². The lowest BCUT2D eigenvalue weighted by atomic mass is 10.6. The molecule has 0 aromatic rings. The van der Waals surface area contributed by atoms with E-state index in [9.17, 15) is 0 Å². The molecule has 0 N–H and O–H groups in total. The van der Waals surface area contributed by atoms with Gasteiger partial charge in [0, 0.05) is 12.4 Å². The van der Waals surface area contributed by atoms with Crippen LogP contribution in [0.3, 0.4) is 0 Å². The van der Waals surface area contributed by atoms with Crippen molar-refractivity contribution in [1.82, 2.24) is 0 Å². The van der Waals surface area contributed by atoms with Crippen molar-refractivity contribution in [3.63, 3.8) is 0 Å². The van der Waals surface area contributed by atoms with Crippen LogP contribution in [0.4, 0.5) is 0 Å². The van der Waals surface area contributed by atoms with Crippen molar-refractivity contribution in [3.05, 3.63) is 12.2 Å². The van der Waals surface area contributed by atoms with Gasteiger partial charge in [0.05, 0.1) is 8.07 Å². The van der Waals surface area contributed by atoms with Gasteiger partial charge in [-0.3, -0.25) is 4.99 Å². The van der Waals surface area contributed by atoms with E-state index in [1.165, 1.54) is 0 Å². The summed E-state index contributed by atoms with van der Waals surface area (Å²) in [5, 5.41) is 0. The van der Waals surface area contributed by atoms with Crippen LogP contribution >= 0.6 is 0 Å². The van der Waals surface area contributed by atoms with Gasteiger partial charge in [-0.25, -0.2) is 0 Å². The average molecular weight is 155 g/mol. The molecule has 0 radical (unpaired) electrons. The molecule has 0 aliphatic rings. The molecular formula is C8H17NSi. The summed E-state index contributed by atoms with van der Waals surface area (Å²) in [4.78, 5) is 4.28. The number of allylic oxidation sites excluding steroid dienone is 2. The summed E-state index contributed by atoms with van der Waals surface area (Å²) < 4.78 is 0. The van der Waals surface area contributed by atoms with Gasteiger partial charge >= 0.3 is 0 Å². The smallest absolute Gasteiger partial charge is 0.0692 e. The van der Waals surface area contributed by atoms with Gasteiger partial charge in [-0.05, 0) is 13.0 Å². The normalized spacial score (nSPS) is 13.6. The van der Waals surface area contributed by atoms with Crippen LogP contribution in [-0.2, 0) is 0 Å². The molecule has 0 saturated heterocycles. The Bertz CT molecular complexity index is 131. The van der Waals surface area contributed by atoms with E-state index in [0.717, 1.165) is 6.17 Å². The van der Waals surface area contributed by atoms with Gasteiger partial charge in [-0.1, -0.05) is 25.7 Å². The third-order valence-electron chi connectivity index (χ3n) is 0.950. The number of rotatable bonds is 3. The van der Waals surface area contributed by atoms with Crippen LogP contribution in [-0.4, -0.2) is 20.5 Å². The predicted molar refractivity (Wildman–Crippen MR) is 51.5 cm³/mol. The second-order valence-electron chi connectivity index (χ2n) is 3.58. The van der Waals surface area contributed by atoms with Crippen molar-refractivity contribution < 1.29 is 0 Å². The van der Waals surface area contributed by atoms with E-state index in [1.54, 1.807) is 0 Å². The minimum Gasteiger partial charge on any atom is -0.296 e. The van der Waals surface area contributed by atoms with Crippen molar-refractivity contribution >= 4 is 14.3 Å². The summed E-state index contributed by atoms with van der Waals surface area (Å²) in [5.74, 6) is 0. The monoisotopic (exact) mass is 155 g/mol. The Labute approximate surface area is 64.9 Å². The molecule has 58 valence electrons. The lowest BCUT2D eigenvalue weighted by Gasteiger charge is -2.10. The maximum Gasteiger partial charge on any atom is 0.0692 e. The van der Waals surface area contributed by atoms with E-state index in [-0.39, 0.29) is 0 Å². The first-order chi connectivity index (χ1) is 4.56. The van der Waals surface area contributed by atoms with Gasteiger partial charge in [0.1, 0.15) is 0 Å². The average Bonchev–Trinajstić information content (AvgIpc) is 1.78. The molecule has 0 saturated carbocycles. The third-order valence-corrected chi connectivity index (χ3v) is 2.08. The van der Waals surface area contributed by atoms with E-state index in [1.807, 2.05) is 25.3 Å².